The number of unbranched alkanes of at least 4 members (excludes halogenated alkanes) is 2. The standard InChI is InChI=1S/C45H50N2O6S2/c1-44(2)38-26-24-36(34-18-8-5-9-19-34)32-40(38)46(28-14-16-30-54(48,49)50)42(44)22-12-7-13-23-43-45(3,4)39-27-25-37(35-20-10-6-11-21-35)33-41(39)47(43)29-15-17-31-55(51,52)53/h5-13,18-27,32-33H,14-17,28-31H2,1-4H3,(H-,48,49,50,51,52,53)/p+1. The molecule has 0 radical (unpaired) electrons. The fourth-order valence-electron chi connectivity index (χ4n) is 7.94. The molecule has 2 heterocycles. The van der Waals surface area contributed by atoms with Gasteiger partial charge in [-0.1, -0.05) is 117 Å². The molecule has 6 rings (SSSR count). The summed E-state index contributed by atoms with van der Waals surface area (Å²) in [5.74, 6) is -0.538. The van der Waals surface area contributed by atoms with Gasteiger partial charge in [0.1, 0.15) is 6.54 Å². The van der Waals surface area contributed by atoms with E-state index >= 15 is 0 Å². The summed E-state index contributed by atoms with van der Waals surface area (Å²) >= 11 is 0. The van der Waals surface area contributed by atoms with E-state index in [0.717, 1.165) is 45.0 Å². The van der Waals surface area contributed by atoms with Crippen LogP contribution in [0.2, 0.25) is 0 Å². The number of hydrogen-bond donors (Lipinski definition) is 2. The van der Waals surface area contributed by atoms with Crippen molar-refractivity contribution in [2.45, 2.75) is 64.2 Å². The summed E-state index contributed by atoms with van der Waals surface area (Å²) in [6.45, 7) is 10.0. The lowest BCUT2D eigenvalue weighted by Gasteiger charge is -2.27. The molecule has 55 heavy (non-hydrogen) atoms. The Bertz CT molecular complexity index is 2380. The van der Waals surface area contributed by atoms with E-state index in [4.69, 9.17) is 0 Å². The fraction of sp³-hybridized carbons (Fsp3) is 0.311. The summed E-state index contributed by atoms with van der Waals surface area (Å²) in [4.78, 5) is 2.28. The second-order valence-corrected chi connectivity index (χ2v) is 18.6. The minimum Gasteiger partial charge on any atom is -0.344 e. The first-order valence-corrected chi connectivity index (χ1v) is 22.1. The highest BCUT2D eigenvalue weighted by Crippen LogP contribution is 2.49. The maximum atomic E-state index is 11.5. The summed E-state index contributed by atoms with van der Waals surface area (Å²) in [6.07, 6.45) is 12.3. The second-order valence-electron chi connectivity index (χ2n) is 15.4. The molecule has 8 nitrogen and oxygen atoms in total. The van der Waals surface area contributed by atoms with Crippen LogP contribution in [0.25, 0.3) is 22.3 Å². The first-order valence-electron chi connectivity index (χ1n) is 18.8. The molecule has 4 aromatic carbocycles. The van der Waals surface area contributed by atoms with Crippen molar-refractivity contribution in [3.8, 4) is 22.3 Å². The first-order chi connectivity index (χ1) is 26.1. The fourth-order valence-corrected chi connectivity index (χ4v) is 9.08. The average molecular weight is 780 g/mol. The quantitative estimate of drug-likeness (QED) is 0.0535. The highest BCUT2D eigenvalue weighted by atomic mass is 32.2. The minimum absolute atomic E-state index is 0.269. The molecule has 0 aliphatic carbocycles. The highest BCUT2D eigenvalue weighted by molar-refractivity contribution is 7.86. The van der Waals surface area contributed by atoms with Gasteiger partial charge in [-0.25, -0.2) is 0 Å². The van der Waals surface area contributed by atoms with E-state index in [1.54, 1.807) is 0 Å². The normalized spacial score (nSPS) is 17.1. The van der Waals surface area contributed by atoms with Gasteiger partial charge in [0.2, 0.25) is 5.69 Å². The Morgan fingerprint density at radius 3 is 1.78 bits per heavy atom. The molecule has 2 aliphatic rings. The predicted octanol–water partition coefficient (Wildman–Crippen LogP) is 9.53. The van der Waals surface area contributed by atoms with Gasteiger partial charge < -0.3 is 4.90 Å². The van der Waals surface area contributed by atoms with Crippen LogP contribution < -0.4 is 4.90 Å². The molecule has 2 N–H and O–H groups in total. The number of anilines is 1. The molecule has 0 fully saturated rings. The molecule has 288 valence electrons. The summed E-state index contributed by atoms with van der Waals surface area (Å²) in [5.41, 5.74) is 10.6. The molecular formula is C45H51N2O6S2+. The van der Waals surface area contributed by atoms with Crippen molar-refractivity contribution in [1.29, 1.82) is 0 Å². The molecule has 0 spiro atoms. The van der Waals surface area contributed by atoms with Gasteiger partial charge in [-0.2, -0.15) is 21.4 Å². The lowest BCUT2D eigenvalue weighted by molar-refractivity contribution is -0.438. The summed E-state index contributed by atoms with van der Waals surface area (Å²) in [7, 11) is -8.07. The zero-order valence-corrected chi connectivity index (χ0v) is 33.7. The van der Waals surface area contributed by atoms with Crippen molar-refractivity contribution in [3.63, 3.8) is 0 Å². The van der Waals surface area contributed by atoms with Crippen LogP contribution >= 0.6 is 0 Å². The molecule has 0 saturated heterocycles. The van der Waals surface area contributed by atoms with Crippen molar-refractivity contribution >= 4 is 37.3 Å². The van der Waals surface area contributed by atoms with Crippen LogP contribution in [0.15, 0.2) is 133 Å². The van der Waals surface area contributed by atoms with E-state index in [1.807, 2.05) is 54.6 Å². The lowest BCUT2D eigenvalue weighted by atomic mass is 9.81. The van der Waals surface area contributed by atoms with E-state index < -0.39 is 20.2 Å². The third-order valence-electron chi connectivity index (χ3n) is 10.8. The largest absolute Gasteiger partial charge is 0.344 e. The Kier molecular flexibility index (Phi) is 11.8. The number of benzene rings is 4. The minimum atomic E-state index is -4.04. The van der Waals surface area contributed by atoms with E-state index in [-0.39, 0.29) is 22.3 Å². The van der Waals surface area contributed by atoms with E-state index in [1.165, 1.54) is 11.1 Å². The van der Waals surface area contributed by atoms with E-state index in [9.17, 15) is 25.9 Å². The Balaban J connectivity index is 1.31. The first kappa shape index (κ1) is 40.1. The van der Waals surface area contributed by atoms with Crippen molar-refractivity contribution in [3.05, 3.63) is 144 Å². The van der Waals surface area contributed by atoms with Gasteiger partial charge in [-0.05, 0) is 73.1 Å². The number of hydrogen-bond acceptors (Lipinski definition) is 5. The Hall–Kier alpha value is -4.61. The molecule has 4 aromatic rings. The summed E-state index contributed by atoms with van der Waals surface area (Å²) in [6, 6.07) is 33.6. The van der Waals surface area contributed by atoms with Crippen LogP contribution in [0.1, 0.15) is 64.5 Å². The van der Waals surface area contributed by atoms with Crippen molar-refractivity contribution in [2.24, 2.45) is 0 Å². The van der Waals surface area contributed by atoms with Gasteiger partial charge in [-0.3, -0.25) is 9.11 Å². The molecule has 2 aliphatic heterocycles. The van der Waals surface area contributed by atoms with Gasteiger partial charge in [0.25, 0.3) is 20.2 Å². The maximum absolute atomic E-state index is 11.5. The zero-order chi connectivity index (χ0) is 39.4. The van der Waals surface area contributed by atoms with Gasteiger partial charge in [0.15, 0.2) is 5.71 Å². The third kappa shape index (κ3) is 9.27. The van der Waals surface area contributed by atoms with Crippen molar-refractivity contribution in [1.82, 2.24) is 0 Å². The number of rotatable bonds is 15. The number of nitrogens with zero attached hydrogens (tertiary/aromatic N) is 2. The molecule has 0 saturated carbocycles. The SMILES string of the molecule is CC1(C)C(=CC=CC=CC2=[N+](CCCCS(=O)(=O)O)c3cc(-c4ccccc4)ccc3C2(C)C)N(CCCCS(=O)(=O)O)c2cc(-c3ccccc3)ccc21. The van der Waals surface area contributed by atoms with Gasteiger partial charge in [0, 0.05) is 47.5 Å². The predicted molar refractivity (Wildman–Crippen MR) is 225 cm³/mol. The Labute approximate surface area is 326 Å². The topological polar surface area (TPSA) is 115 Å². The maximum Gasteiger partial charge on any atom is 0.264 e. The second kappa shape index (κ2) is 16.2. The van der Waals surface area contributed by atoms with Gasteiger partial charge in [-0.15, -0.1) is 0 Å². The van der Waals surface area contributed by atoms with E-state index in [0.29, 0.717) is 38.8 Å². The zero-order valence-electron chi connectivity index (χ0n) is 32.0. The van der Waals surface area contributed by atoms with Crippen LogP contribution in [0.5, 0.6) is 0 Å². The summed E-state index contributed by atoms with van der Waals surface area (Å²) in [5, 5.41) is 0. The van der Waals surface area contributed by atoms with Crippen LogP contribution in [0, 0.1) is 0 Å². The summed E-state index contributed by atoms with van der Waals surface area (Å²) < 4.78 is 66.9. The van der Waals surface area contributed by atoms with Crippen molar-refractivity contribution < 1.29 is 30.5 Å². The molecular weight excluding hydrogens is 729 g/mol. The van der Waals surface area contributed by atoms with Crippen LogP contribution in [0.3, 0.4) is 0 Å². The molecule has 0 bridgehead atoms. The number of allylic oxidation sites excluding steroid dienone is 6. The monoisotopic (exact) mass is 779 g/mol. The van der Waals surface area contributed by atoms with Crippen LogP contribution in [-0.4, -0.2) is 60.8 Å². The lowest BCUT2D eigenvalue weighted by Crippen LogP contribution is -2.28. The number of fused-ring (bicyclic) bond motifs is 2. The Morgan fingerprint density at radius 2 is 1.18 bits per heavy atom. The van der Waals surface area contributed by atoms with E-state index in [2.05, 4.69) is 110 Å². The van der Waals surface area contributed by atoms with Gasteiger partial charge >= 0.3 is 0 Å². The molecule has 0 amide bonds. The van der Waals surface area contributed by atoms with Crippen molar-refractivity contribution in [2.75, 3.05) is 29.5 Å². The Morgan fingerprint density at radius 1 is 0.618 bits per heavy atom. The average Bonchev–Trinajstić information content (AvgIpc) is 3.49. The smallest absolute Gasteiger partial charge is 0.264 e. The third-order valence-corrected chi connectivity index (χ3v) is 12.4. The molecule has 10 heteroatoms. The molecule has 0 unspecified atom stereocenters. The molecule has 0 aromatic heterocycles. The van der Waals surface area contributed by atoms with Gasteiger partial charge in [0.05, 0.1) is 16.9 Å². The van der Waals surface area contributed by atoms with Crippen LogP contribution in [-0.2, 0) is 31.1 Å². The highest BCUT2D eigenvalue weighted by Gasteiger charge is 2.44. The van der Waals surface area contributed by atoms with Crippen LogP contribution in [0.4, 0.5) is 11.4 Å². The molecule has 0 atom stereocenters.